The second kappa shape index (κ2) is 8.83. The predicted octanol–water partition coefficient (Wildman–Crippen LogP) is 5.69. The van der Waals surface area contributed by atoms with Gasteiger partial charge in [-0.3, -0.25) is 10.1 Å². The quantitative estimate of drug-likeness (QED) is 0.219. The monoisotopic (exact) mass is 401 g/mol. The maximum atomic E-state index is 10.7. The molecular weight excluding hydrogens is 386 g/mol. The summed E-state index contributed by atoms with van der Waals surface area (Å²) in [6.45, 7) is 2.00. The largest absolute Gasteiger partial charge is 0.439 e. The summed E-state index contributed by atoms with van der Waals surface area (Å²) in [7, 11) is 0. The van der Waals surface area contributed by atoms with Crippen molar-refractivity contribution in [3.05, 3.63) is 81.0 Å². The molecule has 0 fully saturated rings. The molecule has 1 aromatic heterocycles. The zero-order valence-electron chi connectivity index (χ0n) is 14.5. The fourth-order valence-corrected chi connectivity index (χ4v) is 3.42. The average Bonchev–Trinajstić information content (AvgIpc) is 2.67. The summed E-state index contributed by atoms with van der Waals surface area (Å²) >= 11 is 7.67. The van der Waals surface area contributed by atoms with E-state index in [1.165, 1.54) is 23.9 Å². The highest BCUT2D eigenvalue weighted by Gasteiger charge is 2.10. The third-order valence-corrected chi connectivity index (χ3v) is 4.95. The summed E-state index contributed by atoms with van der Waals surface area (Å²) in [6.07, 6.45) is 0.735. The lowest BCUT2D eigenvalue weighted by molar-refractivity contribution is -0.384. The van der Waals surface area contributed by atoms with Crippen LogP contribution in [0.3, 0.4) is 0 Å². The first-order valence-corrected chi connectivity index (χ1v) is 9.58. The van der Waals surface area contributed by atoms with E-state index in [-0.39, 0.29) is 5.69 Å². The van der Waals surface area contributed by atoms with Gasteiger partial charge in [0, 0.05) is 34.7 Å². The van der Waals surface area contributed by atoms with Gasteiger partial charge in [-0.25, -0.2) is 4.98 Å². The van der Waals surface area contributed by atoms with Crippen LogP contribution in [0.15, 0.2) is 59.8 Å². The van der Waals surface area contributed by atoms with Gasteiger partial charge < -0.3 is 4.74 Å². The standard InChI is InChI=1S/C19H16ClN3O3S/c1-2-14-11-18(26-16-9-7-15(8-10-16)23(24)25)22-19(21-14)27-12-13-5-3-4-6-17(13)20/h3-11H,2,12H2,1H3. The van der Waals surface area contributed by atoms with Gasteiger partial charge in [0.1, 0.15) is 5.75 Å². The number of non-ortho nitro benzene ring substituents is 1. The van der Waals surface area contributed by atoms with Crippen LogP contribution in [0, 0.1) is 10.1 Å². The maximum Gasteiger partial charge on any atom is 0.269 e. The number of benzene rings is 2. The molecule has 3 aromatic rings. The molecule has 0 saturated carbocycles. The molecule has 0 unspecified atom stereocenters. The Hall–Kier alpha value is -2.64. The summed E-state index contributed by atoms with van der Waals surface area (Å²) in [4.78, 5) is 19.2. The average molecular weight is 402 g/mol. The molecule has 1 heterocycles. The zero-order valence-corrected chi connectivity index (χ0v) is 16.0. The van der Waals surface area contributed by atoms with Crippen LogP contribution < -0.4 is 4.74 Å². The van der Waals surface area contributed by atoms with E-state index in [9.17, 15) is 10.1 Å². The van der Waals surface area contributed by atoms with Crippen LogP contribution in [-0.4, -0.2) is 14.9 Å². The fraction of sp³-hybridized carbons (Fsp3) is 0.158. The minimum atomic E-state index is -0.451. The van der Waals surface area contributed by atoms with Gasteiger partial charge in [-0.15, -0.1) is 0 Å². The van der Waals surface area contributed by atoms with Gasteiger partial charge in [0.2, 0.25) is 5.88 Å². The van der Waals surface area contributed by atoms with Crippen molar-refractivity contribution in [3.63, 3.8) is 0 Å². The molecule has 0 radical (unpaired) electrons. The summed E-state index contributed by atoms with van der Waals surface area (Å²) in [5, 5.41) is 12.0. The first-order valence-electron chi connectivity index (χ1n) is 8.21. The van der Waals surface area contributed by atoms with E-state index in [2.05, 4.69) is 9.97 Å². The lowest BCUT2D eigenvalue weighted by Crippen LogP contribution is -1.97. The van der Waals surface area contributed by atoms with E-state index < -0.39 is 4.92 Å². The van der Waals surface area contributed by atoms with Crippen molar-refractivity contribution in [2.24, 2.45) is 0 Å². The molecule has 0 atom stereocenters. The van der Waals surface area contributed by atoms with Crippen molar-refractivity contribution >= 4 is 29.1 Å². The number of nitrogens with zero attached hydrogens (tertiary/aromatic N) is 3. The molecule has 0 saturated heterocycles. The van der Waals surface area contributed by atoms with Crippen LogP contribution in [0.4, 0.5) is 5.69 Å². The van der Waals surface area contributed by atoms with E-state index in [4.69, 9.17) is 16.3 Å². The van der Waals surface area contributed by atoms with E-state index in [1.54, 1.807) is 18.2 Å². The Morgan fingerprint density at radius 3 is 2.56 bits per heavy atom. The number of hydrogen-bond donors (Lipinski definition) is 0. The number of hydrogen-bond acceptors (Lipinski definition) is 6. The minimum absolute atomic E-state index is 0.00951. The number of thioether (sulfide) groups is 1. The van der Waals surface area contributed by atoms with Gasteiger partial charge in [0.25, 0.3) is 5.69 Å². The van der Waals surface area contributed by atoms with Crippen LogP contribution in [-0.2, 0) is 12.2 Å². The Labute approximate surface area is 165 Å². The van der Waals surface area contributed by atoms with Crippen LogP contribution in [0.5, 0.6) is 11.6 Å². The summed E-state index contributed by atoms with van der Waals surface area (Å²) in [5.41, 5.74) is 1.87. The molecule has 0 amide bonds. The summed E-state index contributed by atoms with van der Waals surface area (Å²) in [6, 6.07) is 15.3. The normalized spacial score (nSPS) is 10.6. The second-order valence-corrected chi connectivity index (χ2v) is 6.92. The van der Waals surface area contributed by atoms with E-state index >= 15 is 0 Å². The Bertz CT molecular complexity index is 951. The van der Waals surface area contributed by atoms with E-state index in [0.29, 0.717) is 27.6 Å². The molecule has 0 aliphatic carbocycles. The molecule has 2 aromatic carbocycles. The third kappa shape index (κ3) is 5.18. The highest BCUT2D eigenvalue weighted by atomic mass is 35.5. The van der Waals surface area contributed by atoms with Crippen molar-refractivity contribution in [3.8, 4) is 11.6 Å². The number of aryl methyl sites for hydroxylation is 1. The highest BCUT2D eigenvalue weighted by Crippen LogP contribution is 2.28. The van der Waals surface area contributed by atoms with Crippen molar-refractivity contribution in [2.75, 3.05) is 0 Å². The predicted molar refractivity (Wildman–Crippen MR) is 106 cm³/mol. The van der Waals surface area contributed by atoms with Crippen LogP contribution in [0.1, 0.15) is 18.2 Å². The molecule has 3 rings (SSSR count). The van der Waals surface area contributed by atoms with Gasteiger partial charge in [-0.2, -0.15) is 4.98 Å². The summed E-state index contributed by atoms with van der Waals surface area (Å²) < 4.78 is 5.76. The number of nitro benzene ring substituents is 1. The molecule has 27 heavy (non-hydrogen) atoms. The fourth-order valence-electron chi connectivity index (χ4n) is 2.26. The maximum absolute atomic E-state index is 10.7. The Kier molecular flexibility index (Phi) is 6.26. The lowest BCUT2D eigenvalue weighted by atomic mass is 10.2. The van der Waals surface area contributed by atoms with Crippen molar-refractivity contribution in [1.82, 2.24) is 9.97 Å². The second-order valence-electron chi connectivity index (χ2n) is 5.57. The number of halogens is 1. The molecule has 0 N–H and O–H groups in total. The van der Waals surface area contributed by atoms with Crippen molar-refractivity contribution in [1.29, 1.82) is 0 Å². The van der Waals surface area contributed by atoms with Gasteiger partial charge in [-0.05, 0) is 30.2 Å². The molecule has 0 aliphatic rings. The van der Waals surface area contributed by atoms with Crippen LogP contribution in [0.25, 0.3) is 0 Å². The molecule has 8 heteroatoms. The Morgan fingerprint density at radius 2 is 1.89 bits per heavy atom. The topological polar surface area (TPSA) is 78.2 Å². The van der Waals surface area contributed by atoms with Crippen molar-refractivity contribution in [2.45, 2.75) is 24.3 Å². The number of rotatable bonds is 7. The van der Waals surface area contributed by atoms with Crippen molar-refractivity contribution < 1.29 is 9.66 Å². The summed E-state index contributed by atoms with van der Waals surface area (Å²) in [5.74, 6) is 1.52. The third-order valence-electron chi connectivity index (χ3n) is 3.68. The van der Waals surface area contributed by atoms with E-state index in [0.717, 1.165) is 17.7 Å². The SMILES string of the molecule is CCc1cc(Oc2ccc([N+](=O)[O-])cc2)nc(SCc2ccccc2Cl)n1. The zero-order chi connectivity index (χ0) is 19.2. The Morgan fingerprint density at radius 1 is 1.15 bits per heavy atom. The molecule has 138 valence electrons. The van der Waals surface area contributed by atoms with Gasteiger partial charge in [-0.1, -0.05) is 48.5 Å². The lowest BCUT2D eigenvalue weighted by Gasteiger charge is -2.09. The minimum Gasteiger partial charge on any atom is -0.439 e. The molecule has 0 bridgehead atoms. The molecule has 0 aliphatic heterocycles. The van der Waals surface area contributed by atoms with Gasteiger partial charge in [0.05, 0.1) is 4.92 Å². The first kappa shape index (κ1) is 19.1. The first-order chi connectivity index (χ1) is 13.0. The number of nitro groups is 1. The van der Waals surface area contributed by atoms with Crippen LogP contribution >= 0.6 is 23.4 Å². The highest BCUT2D eigenvalue weighted by molar-refractivity contribution is 7.98. The Balaban J connectivity index is 1.76. The molecule has 0 spiro atoms. The van der Waals surface area contributed by atoms with Gasteiger partial charge >= 0.3 is 0 Å². The van der Waals surface area contributed by atoms with Crippen LogP contribution in [0.2, 0.25) is 5.02 Å². The smallest absolute Gasteiger partial charge is 0.269 e. The number of aromatic nitrogens is 2. The molecule has 6 nitrogen and oxygen atoms in total. The van der Waals surface area contributed by atoms with Gasteiger partial charge in [0.15, 0.2) is 5.16 Å². The molecular formula is C19H16ClN3O3S. The van der Waals surface area contributed by atoms with E-state index in [1.807, 2.05) is 31.2 Å². The number of ether oxygens (including phenoxy) is 1.